The Balaban J connectivity index is 2.57. The molecule has 1 aromatic rings. The molecule has 0 bridgehead atoms. The average molecular weight is 271 g/mol. The summed E-state index contributed by atoms with van der Waals surface area (Å²) in [5, 5.41) is 0. The Morgan fingerprint density at radius 3 is 2.13 bits per heavy atom. The van der Waals surface area contributed by atoms with Crippen LogP contribution in [0.2, 0.25) is 0 Å². The van der Waals surface area contributed by atoms with Crippen LogP contribution in [0.1, 0.15) is 38.1 Å². The summed E-state index contributed by atoms with van der Waals surface area (Å²) >= 11 is 3.54. The van der Waals surface area contributed by atoms with Crippen molar-refractivity contribution in [1.29, 1.82) is 0 Å². The third-order valence-electron chi connectivity index (χ3n) is 2.01. The average Bonchev–Trinajstić information content (AvgIpc) is 2.14. The smallest absolute Gasteiger partial charge is 0.119 e. The maximum atomic E-state index is 5.69. The van der Waals surface area contributed by atoms with Gasteiger partial charge in [-0.1, -0.05) is 48.8 Å². The molecule has 1 atom stereocenters. The molecule has 0 aliphatic carbocycles. The van der Waals surface area contributed by atoms with Gasteiger partial charge in [-0.05, 0) is 30.0 Å². The molecule has 0 amide bonds. The van der Waals surface area contributed by atoms with Crippen LogP contribution < -0.4 is 4.74 Å². The van der Waals surface area contributed by atoms with E-state index in [1.807, 2.05) is 12.1 Å². The van der Waals surface area contributed by atoms with Gasteiger partial charge in [0, 0.05) is 4.83 Å². The second-order valence-corrected chi connectivity index (χ2v) is 6.41. The van der Waals surface area contributed by atoms with Gasteiger partial charge in [-0.3, -0.25) is 0 Å². The summed E-state index contributed by atoms with van der Waals surface area (Å²) in [6, 6.07) is 8.24. The number of ether oxygens (including phenoxy) is 1. The van der Waals surface area contributed by atoms with Crippen molar-refractivity contribution in [1.82, 2.24) is 0 Å². The van der Waals surface area contributed by atoms with Crippen molar-refractivity contribution in [2.24, 2.45) is 5.41 Å². The summed E-state index contributed by atoms with van der Waals surface area (Å²) in [4.78, 5) is 0.397. The first-order valence-electron chi connectivity index (χ1n) is 5.25. The van der Waals surface area contributed by atoms with Gasteiger partial charge < -0.3 is 4.74 Å². The molecule has 0 radical (unpaired) electrons. The predicted molar refractivity (Wildman–Crippen MR) is 68.7 cm³/mol. The van der Waals surface area contributed by atoms with Crippen LogP contribution in [-0.4, -0.2) is 6.61 Å². The Bertz CT molecular complexity index is 295. The molecule has 0 aliphatic rings. The second kappa shape index (κ2) is 5.02. The van der Waals surface area contributed by atoms with Gasteiger partial charge in [-0.25, -0.2) is 0 Å². The highest BCUT2D eigenvalue weighted by molar-refractivity contribution is 9.09. The van der Waals surface area contributed by atoms with Gasteiger partial charge in [-0.2, -0.15) is 0 Å². The van der Waals surface area contributed by atoms with Crippen LogP contribution in [0, 0.1) is 5.41 Å². The highest BCUT2D eigenvalue weighted by Gasteiger charge is 2.11. The van der Waals surface area contributed by atoms with Gasteiger partial charge >= 0.3 is 0 Å². The zero-order chi connectivity index (χ0) is 11.5. The topological polar surface area (TPSA) is 9.23 Å². The second-order valence-electron chi connectivity index (χ2n) is 5.03. The van der Waals surface area contributed by atoms with Crippen LogP contribution in [0.4, 0.5) is 0 Å². The standard InChI is InChI=1S/C13H19BrO/c1-10(14)11-5-7-12(8-6-11)15-9-13(2,3)4/h5-8,10H,9H2,1-4H3. The van der Waals surface area contributed by atoms with Crippen molar-refractivity contribution >= 4 is 15.9 Å². The minimum absolute atomic E-state index is 0.210. The highest BCUT2D eigenvalue weighted by Crippen LogP contribution is 2.24. The van der Waals surface area contributed by atoms with E-state index in [4.69, 9.17) is 4.74 Å². The first kappa shape index (κ1) is 12.6. The molecule has 0 aromatic heterocycles. The maximum absolute atomic E-state index is 5.69. The fraction of sp³-hybridized carbons (Fsp3) is 0.538. The van der Waals surface area contributed by atoms with Crippen molar-refractivity contribution in [2.75, 3.05) is 6.61 Å². The quantitative estimate of drug-likeness (QED) is 0.732. The molecule has 0 spiro atoms. The molecule has 0 saturated heterocycles. The molecule has 0 heterocycles. The zero-order valence-corrected chi connectivity index (χ0v) is 11.5. The van der Waals surface area contributed by atoms with Crippen molar-refractivity contribution in [3.8, 4) is 5.75 Å². The molecule has 0 saturated carbocycles. The van der Waals surface area contributed by atoms with Gasteiger partial charge in [0.25, 0.3) is 0 Å². The van der Waals surface area contributed by atoms with Crippen molar-refractivity contribution < 1.29 is 4.74 Å². The minimum Gasteiger partial charge on any atom is -0.493 e. The molecular weight excluding hydrogens is 252 g/mol. The first-order valence-corrected chi connectivity index (χ1v) is 6.17. The summed E-state index contributed by atoms with van der Waals surface area (Å²) < 4.78 is 5.69. The Hall–Kier alpha value is -0.500. The normalized spacial score (nSPS) is 13.7. The van der Waals surface area contributed by atoms with E-state index in [9.17, 15) is 0 Å². The van der Waals surface area contributed by atoms with Gasteiger partial charge in [0.2, 0.25) is 0 Å². The van der Waals surface area contributed by atoms with Crippen LogP contribution in [0.3, 0.4) is 0 Å². The number of hydrogen-bond donors (Lipinski definition) is 0. The molecule has 1 aromatic carbocycles. The predicted octanol–water partition coefficient (Wildman–Crippen LogP) is 4.57. The Morgan fingerprint density at radius 2 is 1.73 bits per heavy atom. The van der Waals surface area contributed by atoms with Gasteiger partial charge in [0.05, 0.1) is 6.61 Å². The molecule has 15 heavy (non-hydrogen) atoms. The van der Waals surface area contributed by atoms with Gasteiger partial charge in [0.15, 0.2) is 0 Å². The van der Waals surface area contributed by atoms with E-state index >= 15 is 0 Å². The van der Waals surface area contributed by atoms with E-state index in [2.05, 4.69) is 55.8 Å². The highest BCUT2D eigenvalue weighted by atomic mass is 79.9. The van der Waals surface area contributed by atoms with Crippen molar-refractivity contribution in [2.45, 2.75) is 32.5 Å². The minimum atomic E-state index is 0.210. The molecular formula is C13H19BrO. The number of hydrogen-bond acceptors (Lipinski definition) is 1. The van der Waals surface area contributed by atoms with E-state index in [-0.39, 0.29) is 5.41 Å². The van der Waals surface area contributed by atoms with E-state index in [1.54, 1.807) is 0 Å². The van der Waals surface area contributed by atoms with Crippen molar-refractivity contribution in [3.63, 3.8) is 0 Å². The third-order valence-corrected chi connectivity index (χ3v) is 2.54. The summed E-state index contributed by atoms with van der Waals surface area (Å²) in [6.07, 6.45) is 0. The summed E-state index contributed by atoms with van der Waals surface area (Å²) in [6.45, 7) is 9.37. The number of rotatable bonds is 3. The zero-order valence-electron chi connectivity index (χ0n) is 9.88. The Kier molecular flexibility index (Phi) is 4.21. The van der Waals surface area contributed by atoms with Crippen LogP contribution in [-0.2, 0) is 0 Å². The maximum Gasteiger partial charge on any atom is 0.119 e. The van der Waals surface area contributed by atoms with E-state index in [0.717, 1.165) is 12.4 Å². The van der Waals surface area contributed by atoms with E-state index in [1.165, 1.54) is 5.56 Å². The molecule has 1 nitrogen and oxygen atoms in total. The lowest BCUT2D eigenvalue weighted by Gasteiger charge is -2.19. The molecule has 84 valence electrons. The lowest BCUT2D eigenvalue weighted by molar-refractivity contribution is 0.198. The molecule has 0 aliphatic heterocycles. The Morgan fingerprint density at radius 1 is 1.20 bits per heavy atom. The molecule has 0 N–H and O–H groups in total. The van der Waals surface area contributed by atoms with Gasteiger partial charge in [-0.15, -0.1) is 0 Å². The SMILES string of the molecule is CC(Br)c1ccc(OCC(C)(C)C)cc1. The van der Waals surface area contributed by atoms with Crippen LogP contribution in [0.15, 0.2) is 24.3 Å². The van der Waals surface area contributed by atoms with Gasteiger partial charge in [0.1, 0.15) is 5.75 Å². The monoisotopic (exact) mass is 270 g/mol. The van der Waals surface area contributed by atoms with Crippen LogP contribution in [0.5, 0.6) is 5.75 Å². The summed E-state index contributed by atoms with van der Waals surface area (Å²) in [5.41, 5.74) is 1.49. The summed E-state index contributed by atoms with van der Waals surface area (Å²) in [7, 11) is 0. The molecule has 2 heteroatoms. The number of benzene rings is 1. The molecule has 0 fully saturated rings. The van der Waals surface area contributed by atoms with Crippen LogP contribution >= 0.6 is 15.9 Å². The molecule has 1 unspecified atom stereocenters. The van der Waals surface area contributed by atoms with E-state index < -0.39 is 0 Å². The number of halogens is 1. The molecule has 1 rings (SSSR count). The lowest BCUT2D eigenvalue weighted by Crippen LogP contribution is -2.16. The van der Waals surface area contributed by atoms with E-state index in [0.29, 0.717) is 4.83 Å². The fourth-order valence-electron chi connectivity index (χ4n) is 1.13. The summed E-state index contributed by atoms with van der Waals surface area (Å²) in [5.74, 6) is 0.946. The first-order chi connectivity index (χ1) is 6.88. The van der Waals surface area contributed by atoms with Crippen molar-refractivity contribution in [3.05, 3.63) is 29.8 Å². The van der Waals surface area contributed by atoms with Crippen LogP contribution in [0.25, 0.3) is 0 Å². The lowest BCUT2D eigenvalue weighted by atomic mass is 9.99. The Labute approximate surface area is 101 Å². The third kappa shape index (κ3) is 4.70. The largest absolute Gasteiger partial charge is 0.493 e. The number of alkyl halides is 1. The fourth-order valence-corrected chi connectivity index (χ4v) is 1.43.